The second-order valence-electron chi connectivity index (χ2n) is 4.33. The van der Waals surface area contributed by atoms with Gasteiger partial charge in [-0.2, -0.15) is 0 Å². The van der Waals surface area contributed by atoms with Gasteiger partial charge in [-0.3, -0.25) is 4.79 Å². The molecule has 1 aliphatic heterocycles. The van der Waals surface area contributed by atoms with Gasteiger partial charge >= 0.3 is 0 Å². The fraction of sp³-hybridized carbons (Fsp3) is 0.0714. The second kappa shape index (κ2) is 3.91. The molecule has 3 N–H and O–H groups in total. The Morgan fingerprint density at radius 3 is 2.58 bits per heavy atom. The molecule has 2 aromatic rings. The Labute approximate surface area is 109 Å². The van der Waals surface area contributed by atoms with Crippen LogP contribution in [0.5, 0.6) is 23.0 Å². The maximum absolute atomic E-state index is 11.4. The second-order valence-corrected chi connectivity index (χ2v) is 4.33. The van der Waals surface area contributed by atoms with Crippen molar-refractivity contribution in [3.05, 3.63) is 35.9 Å². The van der Waals surface area contributed by atoms with Crippen LogP contribution < -0.4 is 10.1 Å². The third-order valence-corrected chi connectivity index (χ3v) is 2.93. The number of hydrogen-bond acceptors (Lipinski definition) is 5. The van der Waals surface area contributed by atoms with Gasteiger partial charge in [-0.1, -0.05) is 0 Å². The summed E-state index contributed by atoms with van der Waals surface area (Å²) in [6, 6.07) is 7.61. The molecule has 0 atom stereocenters. The third kappa shape index (κ3) is 1.85. The van der Waals surface area contributed by atoms with Crippen molar-refractivity contribution in [3.63, 3.8) is 0 Å². The number of carbonyl (C=O) groups excluding carboxylic acids is 1. The zero-order valence-electron chi connectivity index (χ0n) is 10.1. The highest BCUT2D eigenvalue weighted by molar-refractivity contribution is 5.99. The summed E-state index contributed by atoms with van der Waals surface area (Å²) in [5, 5.41) is 22.3. The average molecular weight is 257 g/mol. The molecule has 1 heterocycles. The maximum atomic E-state index is 11.4. The topological polar surface area (TPSA) is 78.8 Å². The summed E-state index contributed by atoms with van der Waals surface area (Å²) < 4.78 is 5.58. The average Bonchev–Trinajstić information content (AvgIpc) is 2.35. The first kappa shape index (κ1) is 11.4. The molecule has 1 aliphatic rings. The van der Waals surface area contributed by atoms with Crippen molar-refractivity contribution in [3.8, 4) is 23.0 Å². The molecule has 96 valence electrons. The summed E-state index contributed by atoms with van der Waals surface area (Å²) in [4.78, 5) is 11.4. The number of anilines is 2. The Morgan fingerprint density at radius 1 is 1.11 bits per heavy atom. The van der Waals surface area contributed by atoms with Crippen molar-refractivity contribution in [2.24, 2.45) is 0 Å². The number of fused-ring (bicyclic) bond motifs is 2. The summed E-state index contributed by atoms with van der Waals surface area (Å²) in [7, 11) is 0. The van der Waals surface area contributed by atoms with Crippen LogP contribution >= 0.6 is 0 Å². The van der Waals surface area contributed by atoms with Gasteiger partial charge in [0.1, 0.15) is 11.5 Å². The minimum Gasteiger partial charge on any atom is -0.508 e. The van der Waals surface area contributed by atoms with Crippen molar-refractivity contribution in [2.45, 2.75) is 6.92 Å². The first-order chi connectivity index (χ1) is 9.04. The quantitative estimate of drug-likeness (QED) is 0.461. The number of carbonyl (C=O) groups is 1. The maximum Gasteiger partial charge on any atom is 0.163 e. The van der Waals surface area contributed by atoms with Crippen LogP contribution in [-0.4, -0.2) is 16.0 Å². The minimum atomic E-state index is -0.224. The van der Waals surface area contributed by atoms with E-state index < -0.39 is 0 Å². The molecule has 0 saturated heterocycles. The van der Waals surface area contributed by atoms with Crippen LogP contribution in [0.25, 0.3) is 0 Å². The Balaban J connectivity index is 2.10. The Morgan fingerprint density at radius 2 is 1.84 bits per heavy atom. The number of Topliss-reactive ketones (excluding diaryl/α,β-unsaturated/α-hetero) is 1. The lowest BCUT2D eigenvalue weighted by atomic mass is 10.1. The molecule has 3 rings (SSSR count). The van der Waals surface area contributed by atoms with Crippen molar-refractivity contribution in [2.75, 3.05) is 5.32 Å². The summed E-state index contributed by atoms with van der Waals surface area (Å²) in [5.41, 5.74) is 1.52. The number of aromatic hydroxyl groups is 2. The van der Waals surface area contributed by atoms with Gasteiger partial charge in [-0.15, -0.1) is 0 Å². The fourth-order valence-electron chi connectivity index (χ4n) is 2.00. The van der Waals surface area contributed by atoms with Crippen molar-refractivity contribution in [1.29, 1.82) is 0 Å². The first-order valence-corrected chi connectivity index (χ1v) is 5.70. The summed E-state index contributed by atoms with van der Waals surface area (Å²) >= 11 is 0. The van der Waals surface area contributed by atoms with Gasteiger partial charge in [0, 0.05) is 12.1 Å². The number of ketones is 1. The van der Waals surface area contributed by atoms with Crippen LogP contribution in [-0.2, 0) is 0 Å². The molecule has 0 saturated carbocycles. The standard InChI is InChI=1S/C14H11NO4/c1-7(16)9-5-11-14(6-12(9)18)19-13-4-8(17)2-3-10(13)15-11/h2-6,15,17-18H,1H3. The Hall–Kier alpha value is -2.69. The molecule has 0 unspecified atom stereocenters. The molecule has 0 amide bonds. The van der Waals surface area contributed by atoms with Gasteiger partial charge in [-0.25, -0.2) is 0 Å². The van der Waals surface area contributed by atoms with Gasteiger partial charge in [0.2, 0.25) is 0 Å². The van der Waals surface area contributed by atoms with Crippen molar-refractivity contribution < 1.29 is 19.7 Å². The van der Waals surface area contributed by atoms with E-state index in [-0.39, 0.29) is 22.8 Å². The van der Waals surface area contributed by atoms with E-state index >= 15 is 0 Å². The van der Waals surface area contributed by atoms with Gasteiger partial charge in [0.05, 0.1) is 16.9 Å². The van der Waals surface area contributed by atoms with E-state index in [2.05, 4.69) is 5.32 Å². The highest BCUT2D eigenvalue weighted by atomic mass is 16.5. The van der Waals surface area contributed by atoms with Gasteiger partial charge in [0.15, 0.2) is 17.3 Å². The number of hydrogen-bond donors (Lipinski definition) is 3. The molecule has 0 spiro atoms. The molecular formula is C14H11NO4. The summed E-state index contributed by atoms with van der Waals surface area (Å²) in [6.07, 6.45) is 0. The molecule has 0 bridgehead atoms. The fourth-order valence-corrected chi connectivity index (χ4v) is 2.00. The van der Waals surface area contributed by atoms with Gasteiger partial charge < -0.3 is 20.3 Å². The highest BCUT2D eigenvalue weighted by Crippen LogP contribution is 2.45. The van der Waals surface area contributed by atoms with E-state index in [0.717, 1.165) is 0 Å². The third-order valence-electron chi connectivity index (χ3n) is 2.93. The summed E-state index contributed by atoms with van der Waals surface area (Å²) in [6.45, 7) is 1.39. The van der Waals surface area contributed by atoms with E-state index in [1.807, 2.05) is 0 Å². The monoisotopic (exact) mass is 257 g/mol. The molecular weight excluding hydrogens is 246 g/mol. The normalized spacial score (nSPS) is 11.8. The largest absolute Gasteiger partial charge is 0.508 e. The molecule has 0 aromatic heterocycles. The number of benzene rings is 2. The number of ether oxygens (including phenoxy) is 1. The Kier molecular flexibility index (Phi) is 2.35. The molecule has 0 aliphatic carbocycles. The molecule has 5 heteroatoms. The SMILES string of the molecule is CC(=O)c1cc2c(cc1O)Oc1cc(O)ccc1N2. The van der Waals surface area contributed by atoms with Crippen LogP contribution in [0.4, 0.5) is 11.4 Å². The van der Waals surface area contributed by atoms with Crippen LogP contribution in [0.15, 0.2) is 30.3 Å². The molecule has 0 radical (unpaired) electrons. The summed E-state index contributed by atoms with van der Waals surface area (Å²) in [5.74, 6) is 0.604. The van der Waals surface area contributed by atoms with Crippen molar-refractivity contribution in [1.82, 2.24) is 0 Å². The zero-order chi connectivity index (χ0) is 13.6. The highest BCUT2D eigenvalue weighted by Gasteiger charge is 2.20. The number of rotatable bonds is 1. The number of phenols is 2. The van der Waals surface area contributed by atoms with Crippen LogP contribution in [0.2, 0.25) is 0 Å². The zero-order valence-corrected chi connectivity index (χ0v) is 10.1. The molecule has 2 aromatic carbocycles. The number of nitrogens with one attached hydrogen (secondary N) is 1. The van der Waals surface area contributed by atoms with E-state index in [9.17, 15) is 15.0 Å². The van der Waals surface area contributed by atoms with E-state index in [1.54, 1.807) is 12.1 Å². The van der Waals surface area contributed by atoms with E-state index in [4.69, 9.17) is 4.74 Å². The van der Waals surface area contributed by atoms with Crippen molar-refractivity contribution >= 4 is 17.2 Å². The lowest BCUT2D eigenvalue weighted by Gasteiger charge is -2.22. The molecule has 0 fully saturated rings. The van der Waals surface area contributed by atoms with Crippen LogP contribution in [0, 0.1) is 0 Å². The predicted molar refractivity (Wildman–Crippen MR) is 69.6 cm³/mol. The Bertz CT molecular complexity index is 694. The molecule has 19 heavy (non-hydrogen) atoms. The predicted octanol–water partition coefficient (Wildman–Crippen LogP) is 3.15. The first-order valence-electron chi connectivity index (χ1n) is 5.70. The smallest absolute Gasteiger partial charge is 0.163 e. The lowest BCUT2D eigenvalue weighted by molar-refractivity contribution is 0.101. The van der Waals surface area contributed by atoms with Crippen LogP contribution in [0.3, 0.4) is 0 Å². The van der Waals surface area contributed by atoms with E-state index in [1.165, 1.54) is 25.1 Å². The van der Waals surface area contributed by atoms with Gasteiger partial charge in [0.25, 0.3) is 0 Å². The van der Waals surface area contributed by atoms with Gasteiger partial charge in [-0.05, 0) is 25.1 Å². The van der Waals surface area contributed by atoms with E-state index in [0.29, 0.717) is 22.9 Å². The lowest BCUT2D eigenvalue weighted by Crippen LogP contribution is -2.04. The van der Waals surface area contributed by atoms with Crippen LogP contribution in [0.1, 0.15) is 17.3 Å². The molecule has 5 nitrogen and oxygen atoms in total. The number of phenolic OH excluding ortho intramolecular Hbond substituents is 2. The minimum absolute atomic E-state index is 0.0913.